The molecule has 0 aromatic heterocycles. The summed E-state index contributed by atoms with van der Waals surface area (Å²) in [6.07, 6.45) is 2.32. The van der Waals surface area contributed by atoms with Crippen LogP contribution in [0.3, 0.4) is 0 Å². The molecule has 3 aliphatic heterocycles. The Morgan fingerprint density at radius 1 is 0.411 bits per heavy atom. The number of carbonyl (C=O) groups is 6. The molecule has 0 saturated carbocycles. The number of ether oxygens (including phenoxy) is 6. The number of carbonyl (C=O) groups excluding carboxylic acids is 6. The number of halogens is 2. The van der Waals surface area contributed by atoms with Crippen molar-refractivity contribution in [1.29, 1.82) is 0 Å². The van der Waals surface area contributed by atoms with Gasteiger partial charge >= 0.3 is 0 Å². The summed E-state index contributed by atoms with van der Waals surface area (Å²) in [5.74, 6) is 3.09. The number of nitrogens with one attached hydrogen (secondary N) is 2. The Morgan fingerprint density at radius 2 is 0.753 bits per heavy atom. The van der Waals surface area contributed by atoms with Crippen LogP contribution in [0.5, 0.6) is 57.5 Å². The number of aryl methyl sites for hydroxylation is 2. The molecule has 3 aliphatic rings. The maximum absolute atomic E-state index is 12.1. The highest BCUT2D eigenvalue weighted by Gasteiger charge is 2.17. The van der Waals surface area contributed by atoms with Gasteiger partial charge in [0.15, 0.2) is 57.5 Å². The minimum atomic E-state index is -0.529. The highest BCUT2D eigenvalue weighted by Crippen LogP contribution is 2.35. The number of hydrogen-bond acceptors (Lipinski definition) is 17. The molecule has 3 heterocycles. The molecule has 0 fully saturated rings. The van der Waals surface area contributed by atoms with Crippen molar-refractivity contribution in [1.82, 2.24) is 10.6 Å². The first-order valence-corrected chi connectivity index (χ1v) is 23.6. The molecule has 5 aromatic rings. The van der Waals surface area contributed by atoms with Crippen LogP contribution in [0, 0.1) is 0 Å². The van der Waals surface area contributed by atoms with Crippen LogP contribution in [-0.4, -0.2) is 74.7 Å². The number of nitrogens with two attached hydrogens (primary N) is 1. The first-order chi connectivity index (χ1) is 35.0. The maximum Gasteiger partial charge on any atom is 0.231 e. The van der Waals surface area contributed by atoms with Crippen LogP contribution in [0.1, 0.15) is 79.2 Å². The van der Waals surface area contributed by atoms with E-state index in [9.17, 15) is 49.2 Å². The fourth-order valence-electron chi connectivity index (χ4n) is 6.72. The molecule has 19 nitrogen and oxygen atoms in total. The summed E-state index contributed by atoms with van der Waals surface area (Å²) in [6, 6.07) is 25.6. The monoisotopic (exact) mass is 1050 g/mol. The Balaban J connectivity index is 0.000000201. The molecule has 5 aromatic carbocycles. The predicted molar refractivity (Wildman–Crippen MR) is 265 cm³/mol. The third-order valence-corrected chi connectivity index (χ3v) is 11.1. The van der Waals surface area contributed by atoms with Crippen LogP contribution in [0.2, 0.25) is 0 Å². The van der Waals surface area contributed by atoms with Crippen molar-refractivity contribution in [2.75, 3.05) is 20.4 Å². The largest absolute Gasteiger partial charge is 0.504 e. The van der Waals surface area contributed by atoms with Gasteiger partial charge in [0, 0.05) is 71.0 Å². The summed E-state index contributed by atoms with van der Waals surface area (Å²) >= 11 is 9.74. The van der Waals surface area contributed by atoms with E-state index in [2.05, 4.69) is 10.6 Å². The molecule has 0 atom stereocenters. The number of ketones is 2. The highest BCUT2D eigenvalue weighted by molar-refractivity contribution is 6.66. The molecule has 8 rings (SSSR count). The molecule has 0 spiro atoms. The Morgan fingerprint density at radius 3 is 1.19 bits per heavy atom. The Kier molecular flexibility index (Phi) is 22.3. The third kappa shape index (κ3) is 19.8. The van der Waals surface area contributed by atoms with Gasteiger partial charge < -0.3 is 65.2 Å². The van der Waals surface area contributed by atoms with Gasteiger partial charge in [-0.25, -0.2) is 0 Å². The van der Waals surface area contributed by atoms with Crippen LogP contribution in [0.15, 0.2) is 91.0 Å². The number of Topliss-reactive ketones (excluding diaryl/α,β-unsaturated/α-hetero) is 2. The number of amides is 2. The van der Waals surface area contributed by atoms with Crippen molar-refractivity contribution < 1.29 is 77.6 Å². The predicted octanol–water partition coefficient (Wildman–Crippen LogP) is 7.02. The number of hydrogen-bond donors (Lipinski definition) is 7. The summed E-state index contributed by atoms with van der Waals surface area (Å²) in [7, 11) is 0. The van der Waals surface area contributed by atoms with Gasteiger partial charge in [-0.05, 0) is 125 Å². The van der Waals surface area contributed by atoms with E-state index in [0.717, 1.165) is 39.5 Å². The maximum atomic E-state index is 12.1. The van der Waals surface area contributed by atoms with Gasteiger partial charge in [0.05, 0.1) is 0 Å². The summed E-state index contributed by atoms with van der Waals surface area (Å²) in [5, 5.41) is 41.7. The van der Waals surface area contributed by atoms with E-state index in [4.69, 9.17) is 57.4 Å². The highest BCUT2D eigenvalue weighted by atomic mass is 35.5. The first-order valence-electron chi connectivity index (χ1n) is 22.9. The second kappa shape index (κ2) is 28.9. The number of phenolic OH excluding ortho intramolecular Hbond substituents is 4. The number of rotatable bonds is 20. The molecule has 0 saturated heterocycles. The summed E-state index contributed by atoms with van der Waals surface area (Å²) in [6.45, 7) is 1.90. The van der Waals surface area contributed by atoms with E-state index in [0.29, 0.717) is 62.0 Å². The van der Waals surface area contributed by atoms with E-state index < -0.39 is 10.5 Å². The second-order valence-electron chi connectivity index (χ2n) is 16.3. The summed E-state index contributed by atoms with van der Waals surface area (Å²) in [5.41, 5.74) is 9.81. The topological polar surface area (TPSA) is 289 Å². The van der Waals surface area contributed by atoms with Crippen molar-refractivity contribution in [3.8, 4) is 57.5 Å². The lowest BCUT2D eigenvalue weighted by Crippen LogP contribution is -2.23. The normalized spacial score (nSPS) is 11.9. The molecule has 8 N–H and O–H groups in total. The molecule has 21 heteroatoms. The summed E-state index contributed by atoms with van der Waals surface area (Å²) in [4.78, 5) is 67.6. The Bertz CT molecular complexity index is 2580. The van der Waals surface area contributed by atoms with Gasteiger partial charge in [0.25, 0.3) is 0 Å². The second-order valence-corrected chi connectivity index (χ2v) is 17.1. The van der Waals surface area contributed by atoms with E-state index >= 15 is 0 Å². The van der Waals surface area contributed by atoms with Crippen LogP contribution < -0.4 is 44.8 Å². The smallest absolute Gasteiger partial charge is 0.231 e. The number of fused-ring (bicyclic) bond motifs is 3. The fourth-order valence-corrected chi connectivity index (χ4v) is 6.91. The minimum absolute atomic E-state index is 0.0316. The van der Waals surface area contributed by atoms with E-state index in [1.54, 1.807) is 12.1 Å². The van der Waals surface area contributed by atoms with Crippen LogP contribution in [0.4, 0.5) is 0 Å². The number of benzene rings is 5. The third-order valence-electron chi connectivity index (χ3n) is 10.8. The number of phenols is 4. The molecule has 0 aliphatic carbocycles. The Labute approximate surface area is 430 Å². The van der Waals surface area contributed by atoms with Gasteiger partial charge in [-0.15, -0.1) is 0 Å². The van der Waals surface area contributed by atoms with Gasteiger partial charge in [0.1, 0.15) is 11.6 Å². The van der Waals surface area contributed by atoms with Gasteiger partial charge in [0.2, 0.25) is 42.7 Å². The van der Waals surface area contributed by atoms with Gasteiger partial charge in [-0.3, -0.25) is 28.8 Å². The van der Waals surface area contributed by atoms with Crippen molar-refractivity contribution in [2.24, 2.45) is 5.73 Å². The zero-order chi connectivity index (χ0) is 52.7. The van der Waals surface area contributed by atoms with Crippen molar-refractivity contribution in [3.63, 3.8) is 0 Å². The molecule has 0 bridgehead atoms. The molecule has 388 valence electrons. The quantitative estimate of drug-likeness (QED) is 0.0304. The molecular formula is C52H55Cl2N3O16. The fraction of sp³-hybridized carbons (Fsp3) is 0.308. The van der Waals surface area contributed by atoms with Crippen molar-refractivity contribution >= 4 is 57.1 Å². The minimum Gasteiger partial charge on any atom is -0.504 e. The molecule has 0 unspecified atom stereocenters. The summed E-state index contributed by atoms with van der Waals surface area (Å²) < 4.78 is 31.5. The van der Waals surface area contributed by atoms with Crippen LogP contribution >= 0.6 is 23.2 Å². The van der Waals surface area contributed by atoms with E-state index in [-0.39, 0.29) is 111 Å². The zero-order valence-electron chi connectivity index (χ0n) is 39.5. The Hall–Kier alpha value is -7.74. The van der Waals surface area contributed by atoms with Crippen LogP contribution in [0.25, 0.3) is 0 Å². The van der Waals surface area contributed by atoms with E-state index in [1.165, 1.54) is 24.3 Å². The van der Waals surface area contributed by atoms with E-state index in [1.807, 2.05) is 54.6 Å². The molecule has 2 amide bonds. The average Bonchev–Trinajstić information content (AvgIpc) is 4.18. The van der Waals surface area contributed by atoms with Gasteiger partial charge in [-0.2, -0.15) is 0 Å². The average molecular weight is 1050 g/mol. The zero-order valence-corrected chi connectivity index (χ0v) is 41.0. The SMILES string of the molecule is NCc1ccc2c(c1)OCO2.O=C(CCC(=O)NCc1ccc(O)c(O)c1)CCc1ccc(O)c(O)c1.O=C(CCC(=O)NCc1ccc2c(c1)OCO2)CCc1ccc2c(c1)OCO2.O=C(Cl)CCC(=O)Cl. The molecule has 73 heavy (non-hydrogen) atoms. The lowest BCUT2D eigenvalue weighted by molar-refractivity contribution is -0.125. The lowest BCUT2D eigenvalue weighted by Gasteiger charge is -2.07. The van der Waals surface area contributed by atoms with Crippen molar-refractivity contribution in [3.05, 3.63) is 119 Å². The molecular weight excluding hydrogens is 993 g/mol. The number of aromatic hydroxyl groups is 4. The van der Waals surface area contributed by atoms with Crippen LogP contribution in [-0.2, 0) is 61.2 Å². The standard InChI is InChI=1S/C21H21NO6.C19H21NO6.C8H9NO2.C4H4Cl2O2/c23-16(4-1-14-2-6-17-19(9-14)27-12-25-17)5-8-21(24)22-11-15-3-7-18-20(10-15)28-13-26-18;21-14(4-1-12-2-6-15(22)17(24)9-12)5-8-19(26)20-11-13-3-7-16(23)18(25)10-13;9-4-6-1-2-7-8(3-6)11-5-10-7;5-3(7)1-2-4(6)8/h2-3,6-7,9-10H,1,4-5,8,11-13H2,(H,22,24);2-3,6-7,9-10,22-25H,1,4-5,8,11H2,(H,20,26);1-3H,4-5,9H2;1-2H2. The first kappa shape index (κ1) is 56.2. The molecule has 0 radical (unpaired) electrons. The van der Waals surface area contributed by atoms with Crippen molar-refractivity contribution in [2.45, 2.75) is 83.8 Å². The van der Waals surface area contributed by atoms with Gasteiger partial charge in [-0.1, -0.05) is 30.3 Å². The lowest BCUT2D eigenvalue weighted by atomic mass is 10.0.